The molecule has 2 heterocycles. The molecule has 1 amide bonds. The number of hydrogen-bond acceptors (Lipinski definition) is 13. The highest BCUT2D eigenvalue weighted by Crippen LogP contribution is 2.51. The van der Waals surface area contributed by atoms with Crippen LogP contribution < -0.4 is 5.73 Å². The second kappa shape index (κ2) is 11.5. The molecule has 3 unspecified atom stereocenters. The minimum atomic E-state index is -1.37. The number of esters is 1. The predicted octanol–water partition coefficient (Wildman–Crippen LogP) is 2.01. The van der Waals surface area contributed by atoms with Gasteiger partial charge in [-0.2, -0.15) is 0 Å². The van der Waals surface area contributed by atoms with E-state index in [0.717, 1.165) is 0 Å². The van der Waals surface area contributed by atoms with Crippen molar-refractivity contribution >= 4 is 23.6 Å². The first-order valence-corrected chi connectivity index (χ1v) is 14.8. The molecule has 14 heteroatoms. The maximum absolute atomic E-state index is 13.6. The number of fused-ring (bicyclic) bond motifs is 4. The van der Waals surface area contributed by atoms with E-state index in [1.165, 1.54) is 30.9 Å². The van der Waals surface area contributed by atoms with Crippen molar-refractivity contribution in [2.45, 2.75) is 82.3 Å². The molecule has 2 saturated heterocycles. The Morgan fingerprint density at radius 3 is 2.38 bits per heavy atom. The lowest BCUT2D eigenvalue weighted by Crippen LogP contribution is -2.58. The first-order valence-electron chi connectivity index (χ1n) is 14.8. The Labute approximate surface area is 258 Å². The summed E-state index contributed by atoms with van der Waals surface area (Å²) in [7, 11) is 0. The Balaban J connectivity index is 1.32. The Kier molecular flexibility index (Phi) is 7.98. The molecule has 0 bridgehead atoms. The van der Waals surface area contributed by atoms with E-state index in [9.17, 15) is 34.5 Å². The van der Waals surface area contributed by atoms with Crippen molar-refractivity contribution in [1.29, 1.82) is 0 Å². The van der Waals surface area contributed by atoms with E-state index in [1.807, 2.05) is 0 Å². The standard InChI is InChI=1S/C31H36N2O12/c1-13-29-19(33(11-41-29)30(40)43-12-42-15(3)35)8-21(44-13)45-20-10-31(32,14(2)34)9-18-22(20)28(39)24-23(27(18)38)25(36)16-6-4-5-7-17(16)26(24)37/h4-7,13-14,19-21,23-24,29,34,38-39H,8-12,32H2,1-3H3/t13-,14?,19-,20-,21-,23?,24?,29+,31-/m0/s1. The number of amides is 1. The summed E-state index contributed by atoms with van der Waals surface area (Å²) in [6, 6.07) is 5.70. The van der Waals surface area contributed by atoms with Gasteiger partial charge in [-0.15, -0.1) is 0 Å². The number of ether oxygens (including phenoxy) is 5. The van der Waals surface area contributed by atoms with E-state index in [2.05, 4.69) is 0 Å². The van der Waals surface area contributed by atoms with Gasteiger partial charge in [0.2, 0.25) is 6.79 Å². The number of rotatable bonds is 5. The van der Waals surface area contributed by atoms with Crippen LogP contribution in [-0.4, -0.2) is 99.7 Å². The summed E-state index contributed by atoms with van der Waals surface area (Å²) < 4.78 is 28.1. The third-order valence-corrected chi connectivity index (χ3v) is 9.52. The molecule has 1 aromatic rings. The van der Waals surface area contributed by atoms with Gasteiger partial charge in [0.25, 0.3) is 0 Å². The van der Waals surface area contributed by atoms with Crippen LogP contribution in [0.4, 0.5) is 4.79 Å². The first-order chi connectivity index (χ1) is 21.3. The molecule has 0 spiro atoms. The van der Waals surface area contributed by atoms with Crippen LogP contribution in [0.15, 0.2) is 46.9 Å². The van der Waals surface area contributed by atoms with Crippen molar-refractivity contribution in [2.24, 2.45) is 17.6 Å². The van der Waals surface area contributed by atoms with Gasteiger partial charge in [-0.1, -0.05) is 24.3 Å². The molecule has 1 aromatic carbocycles. The van der Waals surface area contributed by atoms with Crippen molar-refractivity contribution < 1.29 is 58.2 Å². The van der Waals surface area contributed by atoms with Crippen molar-refractivity contribution in [1.82, 2.24) is 4.90 Å². The number of carbonyl (C=O) groups is 4. The molecule has 9 atom stereocenters. The summed E-state index contributed by atoms with van der Waals surface area (Å²) in [5.74, 6) is -5.14. The third kappa shape index (κ3) is 5.20. The maximum Gasteiger partial charge on any atom is 0.414 e. The highest BCUT2D eigenvalue weighted by Gasteiger charge is 2.56. The number of aliphatic hydroxyl groups is 3. The smallest absolute Gasteiger partial charge is 0.414 e. The van der Waals surface area contributed by atoms with Crippen LogP contribution in [0.1, 0.15) is 60.7 Å². The molecule has 5 N–H and O–H groups in total. The number of benzene rings is 1. The Morgan fingerprint density at radius 2 is 1.76 bits per heavy atom. The van der Waals surface area contributed by atoms with Crippen LogP contribution >= 0.6 is 0 Å². The monoisotopic (exact) mass is 628 g/mol. The van der Waals surface area contributed by atoms with Crippen molar-refractivity contribution in [3.8, 4) is 0 Å². The lowest BCUT2D eigenvalue weighted by atomic mass is 9.62. The molecular weight excluding hydrogens is 592 g/mol. The number of Topliss-reactive ketones (excluding diaryl/α,β-unsaturated/α-hetero) is 2. The van der Waals surface area contributed by atoms with Gasteiger partial charge in [0, 0.05) is 41.2 Å². The van der Waals surface area contributed by atoms with Gasteiger partial charge >= 0.3 is 12.1 Å². The van der Waals surface area contributed by atoms with E-state index in [1.54, 1.807) is 19.1 Å². The molecule has 45 heavy (non-hydrogen) atoms. The van der Waals surface area contributed by atoms with E-state index in [4.69, 9.17) is 29.4 Å². The lowest BCUT2D eigenvalue weighted by molar-refractivity contribution is -0.236. The number of carbonyl (C=O) groups excluding carboxylic acids is 4. The highest BCUT2D eigenvalue weighted by molar-refractivity contribution is 6.18. The maximum atomic E-state index is 13.6. The number of hydrogen-bond donors (Lipinski definition) is 4. The van der Waals surface area contributed by atoms with Gasteiger partial charge in [-0.3, -0.25) is 19.3 Å². The molecule has 5 aliphatic rings. The molecule has 3 fully saturated rings. The first kappa shape index (κ1) is 31.2. The van der Waals surface area contributed by atoms with E-state index in [0.29, 0.717) is 0 Å². The van der Waals surface area contributed by atoms with Gasteiger partial charge in [0.05, 0.1) is 36.2 Å². The van der Waals surface area contributed by atoms with Gasteiger partial charge in [-0.05, 0) is 26.7 Å². The van der Waals surface area contributed by atoms with Crippen LogP contribution in [0.3, 0.4) is 0 Å². The number of aliphatic hydroxyl groups excluding tert-OH is 3. The fraction of sp³-hybridized carbons (Fsp3) is 0.548. The predicted molar refractivity (Wildman–Crippen MR) is 152 cm³/mol. The Bertz CT molecular complexity index is 1500. The topological polar surface area (TPSA) is 204 Å². The number of allylic oxidation sites excluding steroid dienone is 2. The zero-order valence-electron chi connectivity index (χ0n) is 25.0. The fourth-order valence-electron chi connectivity index (χ4n) is 7.13. The average molecular weight is 629 g/mol. The zero-order chi connectivity index (χ0) is 32.4. The fourth-order valence-corrected chi connectivity index (χ4v) is 7.13. The van der Waals surface area contributed by atoms with Crippen molar-refractivity contribution in [2.75, 3.05) is 13.5 Å². The molecule has 14 nitrogen and oxygen atoms in total. The molecule has 2 aliphatic heterocycles. The molecular formula is C31H36N2O12. The quantitative estimate of drug-likeness (QED) is 0.272. The van der Waals surface area contributed by atoms with Gasteiger partial charge in [0.15, 0.2) is 17.9 Å². The summed E-state index contributed by atoms with van der Waals surface area (Å²) >= 11 is 0. The summed E-state index contributed by atoms with van der Waals surface area (Å²) in [6.45, 7) is 3.77. The molecule has 242 valence electrons. The second-order valence-corrected chi connectivity index (χ2v) is 12.3. The minimum absolute atomic E-state index is 0.0239. The Hall–Kier alpha value is -3.82. The number of ketones is 2. The van der Waals surface area contributed by atoms with E-state index >= 15 is 0 Å². The van der Waals surface area contributed by atoms with Crippen LogP contribution in [0.25, 0.3) is 0 Å². The summed E-state index contributed by atoms with van der Waals surface area (Å²) in [4.78, 5) is 52.4. The van der Waals surface area contributed by atoms with Crippen molar-refractivity contribution in [3.05, 3.63) is 58.1 Å². The van der Waals surface area contributed by atoms with E-state index in [-0.39, 0.29) is 48.3 Å². The normalized spacial score (nSPS) is 34.9. The molecule has 6 rings (SSSR count). The number of nitrogens with two attached hydrogens (primary N) is 1. The summed E-state index contributed by atoms with van der Waals surface area (Å²) in [5.41, 5.74) is 5.88. The second-order valence-electron chi connectivity index (χ2n) is 12.3. The summed E-state index contributed by atoms with van der Waals surface area (Å²) in [6.07, 6.45) is -4.99. The van der Waals surface area contributed by atoms with Gasteiger partial charge in [-0.25, -0.2) is 4.79 Å². The highest BCUT2D eigenvalue weighted by atomic mass is 16.7. The average Bonchev–Trinajstić information content (AvgIpc) is 3.42. The number of nitrogens with zero attached hydrogens (tertiary/aromatic N) is 1. The molecule has 1 saturated carbocycles. The van der Waals surface area contributed by atoms with Crippen LogP contribution in [0.2, 0.25) is 0 Å². The molecule has 0 radical (unpaired) electrons. The van der Waals surface area contributed by atoms with Crippen LogP contribution in [0.5, 0.6) is 0 Å². The van der Waals surface area contributed by atoms with E-state index < -0.39 is 96.1 Å². The molecule has 0 aromatic heterocycles. The minimum Gasteiger partial charge on any atom is -0.511 e. The Morgan fingerprint density at radius 1 is 1.11 bits per heavy atom. The lowest BCUT2D eigenvalue weighted by Gasteiger charge is -2.47. The van der Waals surface area contributed by atoms with Gasteiger partial charge in [0.1, 0.15) is 24.4 Å². The SMILES string of the molecule is CC(=O)OCOC(=O)N1CO[C@@H]2[C@H](C)O[C@@H](O[C@H]3C[C@](N)(C(C)O)CC4=C(O)C5C(=O)c6ccccc6C(=O)C5C(O)=C43)C[C@@H]21. The van der Waals surface area contributed by atoms with Crippen LogP contribution in [-0.2, 0) is 28.5 Å². The van der Waals surface area contributed by atoms with Crippen molar-refractivity contribution in [3.63, 3.8) is 0 Å². The molecule has 3 aliphatic carbocycles. The van der Waals surface area contributed by atoms with Gasteiger partial charge < -0.3 is 44.7 Å². The zero-order valence-corrected chi connectivity index (χ0v) is 25.0. The summed E-state index contributed by atoms with van der Waals surface area (Å²) in [5, 5.41) is 34.0. The van der Waals surface area contributed by atoms with Crippen LogP contribution in [0, 0.1) is 11.8 Å². The largest absolute Gasteiger partial charge is 0.511 e. The third-order valence-electron chi connectivity index (χ3n) is 9.52.